The number of anilines is 2. The third-order valence-corrected chi connectivity index (χ3v) is 5.61. The molecule has 0 amide bonds. The standard InChI is InChI=1S/C17H20BrN3O4S/c1-3-4-9-21(2)16-15(17(22)23)10-13(11-19-16)20-26(24,25)14-7-5-12(18)6-8-14/h5-8,10-11,20H,3-4,9H2,1-2H3,(H,22,23). The van der Waals surface area contributed by atoms with E-state index in [0.29, 0.717) is 12.4 Å². The number of halogens is 1. The molecule has 0 unspecified atom stereocenters. The Morgan fingerprint density at radius 1 is 1.31 bits per heavy atom. The molecule has 140 valence electrons. The Bertz CT molecular complexity index is 885. The van der Waals surface area contributed by atoms with Crippen LogP contribution in [0, 0.1) is 0 Å². The van der Waals surface area contributed by atoms with Gasteiger partial charge in [0.15, 0.2) is 0 Å². The Balaban J connectivity index is 2.31. The molecule has 2 aromatic rings. The van der Waals surface area contributed by atoms with Crippen LogP contribution in [0.25, 0.3) is 0 Å². The molecule has 0 aliphatic heterocycles. The summed E-state index contributed by atoms with van der Waals surface area (Å²) in [6.45, 7) is 2.70. The first-order valence-electron chi connectivity index (χ1n) is 7.97. The van der Waals surface area contributed by atoms with Gasteiger partial charge in [-0.15, -0.1) is 0 Å². The molecule has 9 heteroatoms. The number of pyridine rings is 1. The zero-order chi connectivity index (χ0) is 19.3. The minimum Gasteiger partial charge on any atom is -0.478 e. The minimum absolute atomic E-state index is 0.0559. The largest absolute Gasteiger partial charge is 0.478 e. The molecule has 0 aliphatic rings. The maximum atomic E-state index is 12.4. The second-order valence-electron chi connectivity index (χ2n) is 5.73. The van der Waals surface area contributed by atoms with E-state index in [9.17, 15) is 18.3 Å². The Kier molecular flexibility index (Phi) is 6.60. The Morgan fingerprint density at radius 2 is 1.96 bits per heavy atom. The van der Waals surface area contributed by atoms with Gasteiger partial charge in [-0.2, -0.15) is 0 Å². The first-order valence-corrected chi connectivity index (χ1v) is 10.2. The summed E-state index contributed by atoms with van der Waals surface area (Å²) < 4.78 is 28.0. The van der Waals surface area contributed by atoms with Gasteiger partial charge in [-0.25, -0.2) is 18.2 Å². The van der Waals surface area contributed by atoms with Gasteiger partial charge in [0.1, 0.15) is 11.4 Å². The smallest absolute Gasteiger partial charge is 0.339 e. The molecule has 0 radical (unpaired) electrons. The number of hydrogen-bond donors (Lipinski definition) is 2. The third kappa shape index (κ3) is 4.95. The monoisotopic (exact) mass is 441 g/mol. The number of carbonyl (C=O) groups is 1. The zero-order valence-electron chi connectivity index (χ0n) is 14.4. The van der Waals surface area contributed by atoms with E-state index in [1.807, 2.05) is 6.92 Å². The van der Waals surface area contributed by atoms with Gasteiger partial charge in [-0.1, -0.05) is 29.3 Å². The van der Waals surface area contributed by atoms with Gasteiger partial charge in [0.2, 0.25) is 0 Å². The summed E-state index contributed by atoms with van der Waals surface area (Å²) in [5.74, 6) is -0.863. The van der Waals surface area contributed by atoms with Crippen molar-refractivity contribution in [2.75, 3.05) is 23.2 Å². The van der Waals surface area contributed by atoms with E-state index in [0.717, 1.165) is 17.3 Å². The molecule has 7 nitrogen and oxygen atoms in total. The number of sulfonamides is 1. The average molecular weight is 442 g/mol. The van der Waals surface area contributed by atoms with Crippen LogP contribution >= 0.6 is 15.9 Å². The van der Waals surface area contributed by atoms with Crippen LogP contribution in [0.4, 0.5) is 11.5 Å². The summed E-state index contributed by atoms with van der Waals surface area (Å²) in [6, 6.07) is 7.40. The minimum atomic E-state index is -3.84. The van der Waals surface area contributed by atoms with E-state index in [2.05, 4.69) is 25.6 Å². The van der Waals surface area contributed by atoms with E-state index in [1.165, 1.54) is 24.4 Å². The number of nitrogens with one attached hydrogen (secondary N) is 1. The van der Waals surface area contributed by atoms with Crippen molar-refractivity contribution in [3.8, 4) is 0 Å². The highest BCUT2D eigenvalue weighted by molar-refractivity contribution is 9.10. The molecule has 0 bridgehead atoms. The summed E-state index contributed by atoms with van der Waals surface area (Å²) in [6.07, 6.45) is 3.19. The van der Waals surface area contributed by atoms with Crippen LogP contribution in [-0.2, 0) is 10.0 Å². The van der Waals surface area contributed by atoms with E-state index in [1.54, 1.807) is 24.1 Å². The van der Waals surface area contributed by atoms with Crippen molar-refractivity contribution in [3.05, 3.63) is 46.6 Å². The number of unbranched alkanes of at least 4 members (excludes halogenated alkanes) is 1. The summed E-state index contributed by atoms with van der Waals surface area (Å²) in [5.41, 5.74) is 0.0394. The van der Waals surface area contributed by atoms with E-state index < -0.39 is 16.0 Å². The number of aromatic nitrogens is 1. The van der Waals surface area contributed by atoms with Gasteiger partial charge in [0.05, 0.1) is 16.8 Å². The first-order chi connectivity index (χ1) is 12.2. The molecular formula is C17H20BrN3O4S. The topological polar surface area (TPSA) is 99.6 Å². The van der Waals surface area contributed by atoms with Crippen LogP contribution in [0.5, 0.6) is 0 Å². The quantitative estimate of drug-likeness (QED) is 0.649. The predicted octanol–water partition coefficient (Wildman–Crippen LogP) is 3.58. The summed E-state index contributed by atoms with van der Waals surface area (Å²) in [4.78, 5) is 17.6. The molecule has 0 atom stereocenters. The van der Waals surface area contributed by atoms with Gasteiger partial charge in [0, 0.05) is 18.1 Å². The molecule has 1 aromatic heterocycles. The van der Waals surface area contributed by atoms with Crippen LogP contribution in [0.2, 0.25) is 0 Å². The van der Waals surface area contributed by atoms with Crippen LogP contribution in [0.1, 0.15) is 30.1 Å². The zero-order valence-corrected chi connectivity index (χ0v) is 16.8. The van der Waals surface area contributed by atoms with Crippen molar-refractivity contribution in [1.82, 2.24) is 4.98 Å². The Labute approximate surface area is 161 Å². The van der Waals surface area contributed by atoms with Crippen LogP contribution in [0.15, 0.2) is 45.9 Å². The fraction of sp³-hybridized carbons (Fsp3) is 0.294. The van der Waals surface area contributed by atoms with Gasteiger partial charge in [-0.3, -0.25) is 4.72 Å². The summed E-state index contributed by atoms with van der Waals surface area (Å²) in [7, 11) is -2.08. The third-order valence-electron chi connectivity index (χ3n) is 3.68. The molecule has 1 aromatic carbocycles. The molecule has 0 saturated heterocycles. The van der Waals surface area contributed by atoms with Crippen molar-refractivity contribution in [3.63, 3.8) is 0 Å². The predicted molar refractivity (Wildman–Crippen MR) is 104 cm³/mol. The molecular weight excluding hydrogens is 422 g/mol. The lowest BCUT2D eigenvalue weighted by atomic mass is 10.2. The van der Waals surface area contributed by atoms with Crippen LogP contribution in [0.3, 0.4) is 0 Å². The highest BCUT2D eigenvalue weighted by Crippen LogP contribution is 2.23. The van der Waals surface area contributed by atoms with Crippen molar-refractivity contribution in [2.45, 2.75) is 24.7 Å². The number of carboxylic acid groups (broad SMARTS) is 1. The molecule has 0 aliphatic carbocycles. The number of aromatic carboxylic acids is 1. The number of nitrogens with zero attached hydrogens (tertiary/aromatic N) is 2. The maximum absolute atomic E-state index is 12.4. The molecule has 2 rings (SSSR count). The summed E-state index contributed by atoms with van der Waals surface area (Å²) in [5, 5.41) is 9.46. The van der Waals surface area contributed by atoms with Gasteiger partial charge in [0.25, 0.3) is 10.0 Å². The molecule has 0 spiro atoms. The fourth-order valence-electron chi connectivity index (χ4n) is 2.30. The molecule has 26 heavy (non-hydrogen) atoms. The second kappa shape index (κ2) is 8.50. The second-order valence-corrected chi connectivity index (χ2v) is 8.33. The number of hydrogen-bond acceptors (Lipinski definition) is 5. The number of benzene rings is 1. The van der Waals surface area contributed by atoms with E-state index in [-0.39, 0.29) is 16.1 Å². The maximum Gasteiger partial charge on any atom is 0.339 e. The van der Waals surface area contributed by atoms with Crippen LogP contribution < -0.4 is 9.62 Å². The fourth-order valence-corrected chi connectivity index (χ4v) is 3.60. The lowest BCUT2D eigenvalue weighted by Crippen LogP contribution is -2.23. The normalized spacial score (nSPS) is 11.2. The number of carboxylic acids is 1. The van der Waals surface area contributed by atoms with Gasteiger partial charge >= 0.3 is 5.97 Å². The average Bonchev–Trinajstić information content (AvgIpc) is 2.59. The SMILES string of the molecule is CCCCN(C)c1ncc(NS(=O)(=O)c2ccc(Br)cc2)cc1C(=O)O. The van der Waals surface area contributed by atoms with Crippen molar-refractivity contribution in [2.24, 2.45) is 0 Å². The summed E-state index contributed by atoms with van der Waals surface area (Å²) >= 11 is 3.25. The Hall–Kier alpha value is -2.13. The molecule has 0 fully saturated rings. The van der Waals surface area contributed by atoms with Crippen LogP contribution in [-0.4, -0.2) is 38.1 Å². The lowest BCUT2D eigenvalue weighted by molar-refractivity contribution is 0.0697. The van der Waals surface area contributed by atoms with Crippen molar-refractivity contribution in [1.29, 1.82) is 0 Å². The molecule has 0 saturated carbocycles. The van der Waals surface area contributed by atoms with Crippen molar-refractivity contribution >= 4 is 43.4 Å². The molecule has 2 N–H and O–H groups in total. The number of rotatable bonds is 8. The highest BCUT2D eigenvalue weighted by atomic mass is 79.9. The lowest BCUT2D eigenvalue weighted by Gasteiger charge is -2.20. The first kappa shape index (κ1) is 20.2. The molecule has 1 heterocycles. The Morgan fingerprint density at radius 3 is 2.54 bits per heavy atom. The van der Waals surface area contributed by atoms with Gasteiger partial charge < -0.3 is 10.0 Å². The van der Waals surface area contributed by atoms with E-state index in [4.69, 9.17) is 0 Å². The van der Waals surface area contributed by atoms with Crippen molar-refractivity contribution < 1.29 is 18.3 Å². The van der Waals surface area contributed by atoms with E-state index >= 15 is 0 Å². The van der Waals surface area contributed by atoms with Gasteiger partial charge in [-0.05, 0) is 36.8 Å². The highest BCUT2D eigenvalue weighted by Gasteiger charge is 2.19.